The molecule has 0 aliphatic rings. The van der Waals surface area contributed by atoms with Crippen molar-refractivity contribution in [3.63, 3.8) is 0 Å². The lowest BCUT2D eigenvalue weighted by molar-refractivity contribution is 0.696. The highest BCUT2D eigenvalue weighted by molar-refractivity contribution is 6.29. The molecule has 1 rings (SSSR count). The van der Waals surface area contributed by atoms with E-state index in [9.17, 15) is 0 Å². The summed E-state index contributed by atoms with van der Waals surface area (Å²) in [6, 6.07) is 3.87. The molecule has 0 unspecified atom stereocenters. The number of aryl methyl sites for hydroxylation is 1. The van der Waals surface area contributed by atoms with Gasteiger partial charge in [0.05, 0.1) is 0 Å². The van der Waals surface area contributed by atoms with Crippen molar-refractivity contribution in [2.45, 2.75) is 26.3 Å². The summed E-state index contributed by atoms with van der Waals surface area (Å²) >= 11 is 5.78. The zero-order chi connectivity index (χ0) is 9.14. The standard InChI is InChI=1S/C9H13ClN2/c1-3-8(11)7-4-6(2)12-9(10)5-7/h4-5,8H,3,11H2,1-2H3/t8-/m1/s1. The van der Waals surface area contributed by atoms with Gasteiger partial charge in [0.15, 0.2) is 0 Å². The number of halogens is 1. The van der Waals surface area contributed by atoms with E-state index in [1.165, 1.54) is 0 Å². The van der Waals surface area contributed by atoms with E-state index in [-0.39, 0.29) is 6.04 Å². The second kappa shape index (κ2) is 3.87. The molecule has 2 N–H and O–H groups in total. The molecule has 0 amide bonds. The summed E-state index contributed by atoms with van der Waals surface area (Å²) < 4.78 is 0. The van der Waals surface area contributed by atoms with E-state index in [1.807, 2.05) is 26.0 Å². The first-order valence-corrected chi connectivity index (χ1v) is 4.41. The fourth-order valence-electron chi connectivity index (χ4n) is 1.10. The Morgan fingerprint density at radius 2 is 2.25 bits per heavy atom. The molecule has 0 aliphatic heterocycles. The average Bonchev–Trinajstić information content (AvgIpc) is 2.01. The Morgan fingerprint density at radius 1 is 1.58 bits per heavy atom. The van der Waals surface area contributed by atoms with Crippen LogP contribution < -0.4 is 5.73 Å². The molecule has 66 valence electrons. The van der Waals surface area contributed by atoms with Crippen LogP contribution in [-0.4, -0.2) is 4.98 Å². The molecule has 0 aromatic carbocycles. The fourth-order valence-corrected chi connectivity index (χ4v) is 1.36. The molecule has 0 saturated carbocycles. The van der Waals surface area contributed by atoms with Crippen LogP contribution in [0.15, 0.2) is 12.1 Å². The molecule has 0 saturated heterocycles. The second-order valence-corrected chi connectivity index (χ2v) is 3.27. The highest BCUT2D eigenvalue weighted by Gasteiger charge is 2.04. The van der Waals surface area contributed by atoms with E-state index in [2.05, 4.69) is 4.98 Å². The van der Waals surface area contributed by atoms with Crippen LogP contribution >= 0.6 is 11.6 Å². The van der Waals surface area contributed by atoms with Crippen molar-refractivity contribution < 1.29 is 0 Å². The zero-order valence-corrected chi connectivity index (χ0v) is 8.10. The van der Waals surface area contributed by atoms with Crippen LogP contribution in [0.25, 0.3) is 0 Å². The van der Waals surface area contributed by atoms with Crippen molar-refractivity contribution in [1.82, 2.24) is 4.98 Å². The van der Waals surface area contributed by atoms with Gasteiger partial charge in [-0.3, -0.25) is 0 Å². The molecule has 2 nitrogen and oxygen atoms in total. The maximum atomic E-state index is 5.85. The van der Waals surface area contributed by atoms with E-state index in [1.54, 1.807) is 0 Å². The van der Waals surface area contributed by atoms with E-state index in [4.69, 9.17) is 17.3 Å². The number of nitrogens with two attached hydrogens (primary N) is 1. The zero-order valence-electron chi connectivity index (χ0n) is 7.34. The predicted molar refractivity (Wildman–Crippen MR) is 51.2 cm³/mol. The highest BCUT2D eigenvalue weighted by Crippen LogP contribution is 2.17. The van der Waals surface area contributed by atoms with Crippen molar-refractivity contribution in [3.05, 3.63) is 28.5 Å². The van der Waals surface area contributed by atoms with Gasteiger partial charge in [0.2, 0.25) is 0 Å². The molecular formula is C9H13ClN2. The fraction of sp³-hybridized carbons (Fsp3) is 0.444. The number of nitrogens with zero attached hydrogens (tertiary/aromatic N) is 1. The smallest absolute Gasteiger partial charge is 0.129 e. The van der Waals surface area contributed by atoms with Gasteiger partial charge in [-0.05, 0) is 31.0 Å². The van der Waals surface area contributed by atoms with Crippen LogP contribution in [0.3, 0.4) is 0 Å². The third-order valence-electron chi connectivity index (χ3n) is 1.81. The number of aromatic nitrogens is 1. The van der Waals surface area contributed by atoms with Gasteiger partial charge in [-0.15, -0.1) is 0 Å². The van der Waals surface area contributed by atoms with Gasteiger partial charge in [-0.25, -0.2) is 4.98 Å². The molecule has 1 aromatic heterocycles. The van der Waals surface area contributed by atoms with Crippen molar-refractivity contribution in [2.24, 2.45) is 5.73 Å². The summed E-state index contributed by atoms with van der Waals surface area (Å²) in [6.07, 6.45) is 0.916. The molecule has 3 heteroatoms. The van der Waals surface area contributed by atoms with Gasteiger partial charge < -0.3 is 5.73 Å². The minimum absolute atomic E-state index is 0.0733. The van der Waals surface area contributed by atoms with Crippen molar-refractivity contribution in [2.75, 3.05) is 0 Å². The van der Waals surface area contributed by atoms with Crippen molar-refractivity contribution in [3.8, 4) is 0 Å². The quantitative estimate of drug-likeness (QED) is 0.718. The van der Waals surface area contributed by atoms with Crippen LogP contribution in [0.4, 0.5) is 0 Å². The second-order valence-electron chi connectivity index (χ2n) is 2.88. The monoisotopic (exact) mass is 184 g/mol. The summed E-state index contributed by atoms with van der Waals surface area (Å²) in [5.41, 5.74) is 7.83. The van der Waals surface area contributed by atoms with E-state index < -0.39 is 0 Å². The van der Waals surface area contributed by atoms with Crippen molar-refractivity contribution >= 4 is 11.6 Å². The van der Waals surface area contributed by atoms with Crippen LogP contribution in [0.1, 0.15) is 30.6 Å². The van der Waals surface area contributed by atoms with Crippen LogP contribution in [0.5, 0.6) is 0 Å². The first kappa shape index (κ1) is 9.49. The van der Waals surface area contributed by atoms with Gasteiger partial charge in [-0.1, -0.05) is 18.5 Å². The summed E-state index contributed by atoms with van der Waals surface area (Å²) in [7, 11) is 0. The molecule has 1 heterocycles. The molecule has 1 aromatic rings. The summed E-state index contributed by atoms with van der Waals surface area (Å²) in [4.78, 5) is 4.06. The number of pyridine rings is 1. The molecule has 1 atom stereocenters. The maximum Gasteiger partial charge on any atom is 0.129 e. The molecule has 12 heavy (non-hydrogen) atoms. The van der Waals surface area contributed by atoms with E-state index in [0.717, 1.165) is 17.7 Å². The molecule has 0 spiro atoms. The summed E-state index contributed by atoms with van der Waals surface area (Å²) in [5.74, 6) is 0. The molecule has 0 aliphatic carbocycles. The summed E-state index contributed by atoms with van der Waals surface area (Å²) in [6.45, 7) is 3.96. The van der Waals surface area contributed by atoms with Gasteiger partial charge >= 0.3 is 0 Å². The Morgan fingerprint density at radius 3 is 2.75 bits per heavy atom. The molecule has 0 radical (unpaired) electrons. The normalized spacial score (nSPS) is 13.0. The number of hydrogen-bond donors (Lipinski definition) is 1. The van der Waals surface area contributed by atoms with Gasteiger partial charge in [0.1, 0.15) is 5.15 Å². The van der Waals surface area contributed by atoms with E-state index in [0.29, 0.717) is 5.15 Å². The van der Waals surface area contributed by atoms with Gasteiger partial charge in [0.25, 0.3) is 0 Å². The van der Waals surface area contributed by atoms with Crippen LogP contribution in [0.2, 0.25) is 5.15 Å². The topological polar surface area (TPSA) is 38.9 Å². The lowest BCUT2D eigenvalue weighted by atomic mass is 10.1. The Balaban J connectivity index is 3.00. The highest BCUT2D eigenvalue weighted by atomic mass is 35.5. The third kappa shape index (κ3) is 2.19. The Bertz CT molecular complexity index is 253. The largest absolute Gasteiger partial charge is 0.324 e. The lowest BCUT2D eigenvalue weighted by Gasteiger charge is -2.09. The number of hydrogen-bond acceptors (Lipinski definition) is 2. The predicted octanol–water partition coefficient (Wildman–Crippen LogP) is 2.45. The third-order valence-corrected chi connectivity index (χ3v) is 2.01. The Labute approximate surface area is 77.8 Å². The minimum atomic E-state index is 0.0733. The molecular weight excluding hydrogens is 172 g/mol. The minimum Gasteiger partial charge on any atom is -0.324 e. The maximum absolute atomic E-state index is 5.85. The van der Waals surface area contributed by atoms with E-state index >= 15 is 0 Å². The average molecular weight is 185 g/mol. The van der Waals surface area contributed by atoms with Crippen molar-refractivity contribution in [1.29, 1.82) is 0 Å². The molecule has 0 bridgehead atoms. The first-order chi connectivity index (χ1) is 5.63. The molecule has 0 fully saturated rings. The Kier molecular flexibility index (Phi) is 3.06. The van der Waals surface area contributed by atoms with Crippen LogP contribution in [0, 0.1) is 6.92 Å². The Hall–Kier alpha value is -0.600. The number of rotatable bonds is 2. The van der Waals surface area contributed by atoms with Gasteiger partial charge in [0, 0.05) is 11.7 Å². The first-order valence-electron chi connectivity index (χ1n) is 4.03. The summed E-state index contributed by atoms with van der Waals surface area (Å²) in [5, 5.41) is 0.522. The van der Waals surface area contributed by atoms with Crippen LogP contribution in [-0.2, 0) is 0 Å². The SMILES string of the molecule is CC[C@@H](N)c1cc(C)nc(Cl)c1. The van der Waals surface area contributed by atoms with Gasteiger partial charge in [-0.2, -0.15) is 0 Å². The lowest BCUT2D eigenvalue weighted by Crippen LogP contribution is -2.09.